The van der Waals surface area contributed by atoms with Crippen LogP contribution >= 0.6 is 0 Å². The van der Waals surface area contributed by atoms with E-state index < -0.39 is 6.10 Å². The van der Waals surface area contributed by atoms with Gasteiger partial charge in [0.25, 0.3) is 0 Å². The summed E-state index contributed by atoms with van der Waals surface area (Å²) in [5.41, 5.74) is 2.85. The first-order chi connectivity index (χ1) is 12.2. The van der Waals surface area contributed by atoms with Gasteiger partial charge >= 0.3 is 0 Å². The lowest BCUT2D eigenvalue weighted by molar-refractivity contribution is -0.123. The van der Waals surface area contributed by atoms with Gasteiger partial charge in [-0.1, -0.05) is 60.7 Å². The van der Waals surface area contributed by atoms with E-state index in [9.17, 15) is 9.90 Å². The van der Waals surface area contributed by atoms with Crippen LogP contribution in [0.15, 0.2) is 73.1 Å². The van der Waals surface area contributed by atoms with Crippen molar-refractivity contribution >= 4 is 5.91 Å². The van der Waals surface area contributed by atoms with Gasteiger partial charge < -0.3 is 10.4 Å². The third kappa shape index (κ3) is 5.02. The molecule has 128 valence electrons. The first-order valence-corrected chi connectivity index (χ1v) is 8.25. The smallest absolute Gasteiger partial charge is 0.223 e. The van der Waals surface area contributed by atoms with Gasteiger partial charge in [0.2, 0.25) is 5.91 Å². The van der Waals surface area contributed by atoms with Gasteiger partial charge in [0, 0.05) is 18.3 Å². The van der Waals surface area contributed by atoms with Crippen molar-refractivity contribution in [1.29, 1.82) is 0 Å². The van der Waals surface area contributed by atoms with Crippen LogP contribution in [-0.4, -0.2) is 20.8 Å². The SMILES string of the molecule is O=C(CC(O)c1ccccc1)NCc1cnn(Cc2ccccc2)c1. The number of amides is 1. The third-order valence-electron chi connectivity index (χ3n) is 3.93. The van der Waals surface area contributed by atoms with E-state index in [1.807, 2.05) is 71.5 Å². The maximum absolute atomic E-state index is 12.0. The highest BCUT2D eigenvalue weighted by molar-refractivity contribution is 5.76. The highest BCUT2D eigenvalue weighted by atomic mass is 16.3. The molecule has 1 atom stereocenters. The van der Waals surface area contributed by atoms with Gasteiger partial charge in [0.15, 0.2) is 0 Å². The lowest BCUT2D eigenvalue weighted by atomic mass is 10.1. The third-order valence-corrected chi connectivity index (χ3v) is 3.93. The van der Waals surface area contributed by atoms with Crippen molar-refractivity contribution in [1.82, 2.24) is 15.1 Å². The minimum absolute atomic E-state index is 0.0438. The lowest BCUT2D eigenvalue weighted by Crippen LogP contribution is -2.24. The van der Waals surface area contributed by atoms with Gasteiger partial charge in [-0.05, 0) is 11.1 Å². The normalized spacial score (nSPS) is 11.9. The topological polar surface area (TPSA) is 67.2 Å². The number of nitrogens with one attached hydrogen (secondary N) is 1. The Morgan fingerprint density at radius 1 is 1.04 bits per heavy atom. The largest absolute Gasteiger partial charge is 0.388 e. The summed E-state index contributed by atoms with van der Waals surface area (Å²) in [7, 11) is 0. The predicted molar refractivity (Wildman–Crippen MR) is 95.6 cm³/mol. The average Bonchev–Trinajstić information content (AvgIpc) is 3.09. The van der Waals surface area contributed by atoms with Gasteiger partial charge in [0.1, 0.15) is 0 Å². The molecular formula is C20H21N3O2. The van der Waals surface area contributed by atoms with E-state index in [0.29, 0.717) is 13.1 Å². The van der Waals surface area contributed by atoms with Crippen LogP contribution in [0.3, 0.4) is 0 Å². The fourth-order valence-corrected chi connectivity index (χ4v) is 2.60. The van der Waals surface area contributed by atoms with Crippen molar-refractivity contribution in [2.24, 2.45) is 0 Å². The monoisotopic (exact) mass is 335 g/mol. The molecule has 0 fully saturated rings. The molecule has 5 nitrogen and oxygen atoms in total. The number of nitrogens with zero attached hydrogens (tertiary/aromatic N) is 2. The number of carbonyl (C=O) groups is 1. The van der Waals surface area contributed by atoms with Crippen molar-refractivity contribution in [3.05, 3.63) is 89.7 Å². The molecule has 2 N–H and O–H groups in total. The molecule has 25 heavy (non-hydrogen) atoms. The number of hydrogen-bond acceptors (Lipinski definition) is 3. The number of aliphatic hydroxyl groups excluding tert-OH is 1. The first-order valence-electron chi connectivity index (χ1n) is 8.25. The van der Waals surface area contributed by atoms with Crippen LogP contribution in [0.25, 0.3) is 0 Å². The maximum atomic E-state index is 12.0. The van der Waals surface area contributed by atoms with Crippen LogP contribution in [0, 0.1) is 0 Å². The molecule has 1 unspecified atom stereocenters. The Morgan fingerprint density at radius 3 is 2.44 bits per heavy atom. The summed E-state index contributed by atoms with van der Waals surface area (Å²) in [5, 5.41) is 17.2. The van der Waals surface area contributed by atoms with Crippen LogP contribution in [0.4, 0.5) is 0 Å². The standard InChI is InChI=1S/C20H21N3O2/c24-19(18-9-5-2-6-10-18)11-20(25)21-12-17-13-22-23(15-17)14-16-7-3-1-4-8-16/h1-10,13,15,19,24H,11-12,14H2,(H,21,25). The summed E-state index contributed by atoms with van der Waals surface area (Å²) in [6.07, 6.45) is 2.92. The fraction of sp³-hybridized carbons (Fsp3) is 0.200. The second-order valence-electron chi connectivity index (χ2n) is 5.94. The average molecular weight is 335 g/mol. The predicted octanol–water partition coefficient (Wildman–Crippen LogP) is 2.67. The molecule has 1 amide bonds. The summed E-state index contributed by atoms with van der Waals surface area (Å²) in [4.78, 5) is 12.0. The van der Waals surface area contributed by atoms with Crippen LogP contribution in [0.2, 0.25) is 0 Å². The van der Waals surface area contributed by atoms with E-state index in [1.165, 1.54) is 5.56 Å². The molecule has 3 aromatic rings. The zero-order valence-electron chi connectivity index (χ0n) is 13.9. The summed E-state index contributed by atoms with van der Waals surface area (Å²) in [5.74, 6) is -0.188. The molecule has 5 heteroatoms. The number of carbonyl (C=O) groups excluding carboxylic acids is 1. The Bertz CT molecular complexity index is 800. The second-order valence-corrected chi connectivity index (χ2v) is 5.94. The molecular weight excluding hydrogens is 314 g/mol. The fourth-order valence-electron chi connectivity index (χ4n) is 2.60. The molecule has 0 aliphatic heterocycles. The second kappa shape index (κ2) is 8.26. The molecule has 1 aromatic heterocycles. The van der Waals surface area contributed by atoms with E-state index in [-0.39, 0.29) is 12.3 Å². The summed E-state index contributed by atoms with van der Waals surface area (Å²) < 4.78 is 1.84. The molecule has 0 bridgehead atoms. The van der Waals surface area contributed by atoms with E-state index in [4.69, 9.17) is 0 Å². The number of hydrogen-bond donors (Lipinski definition) is 2. The van der Waals surface area contributed by atoms with E-state index in [0.717, 1.165) is 11.1 Å². The van der Waals surface area contributed by atoms with E-state index >= 15 is 0 Å². The van der Waals surface area contributed by atoms with Crippen LogP contribution in [0.1, 0.15) is 29.2 Å². The molecule has 0 saturated heterocycles. The maximum Gasteiger partial charge on any atom is 0.223 e. The molecule has 0 aliphatic rings. The molecule has 2 aromatic carbocycles. The molecule has 0 spiro atoms. The van der Waals surface area contributed by atoms with Crippen LogP contribution < -0.4 is 5.32 Å². The van der Waals surface area contributed by atoms with Gasteiger partial charge in [-0.3, -0.25) is 9.48 Å². The molecule has 0 aliphatic carbocycles. The minimum atomic E-state index is -0.790. The first kappa shape index (κ1) is 16.9. The van der Waals surface area contributed by atoms with Gasteiger partial charge in [0.05, 0.1) is 25.3 Å². The summed E-state index contributed by atoms with van der Waals surface area (Å²) in [6, 6.07) is 19.3. The zero-order valence-corrected chi connectivity index (χ0v) is 13.9. The zero-order chi connectivity index (χ0) is 17.5. The van der Waals surface area contributed by atoms with Gasteiger partial charge in [-0.2, -0.15) is 5.10 Å². The van der Waals surface area contributed by atoms with Crippen molar-refractivity contribution < 1.29 is 9.90 Å². The number of aromatic nitrogens is 2. The van der Waals surface area contributed by atoms with Crippen molar-refractivity contribution in [3.8, 4) is 0 Å². The number of aliphatic hydroxyl groups is 1. The highest BCUT2D eigenvalue weighted by Crippen LogP contribution is 2.15. The Hall–Kier alpha value is -2.92. The Kier molecular flexibility index (Phi) is 5.59. The van der Waals surface area contributed by atoms with Crippen molar-refractivity contribution in [3.63, 3.8) is 0 Å². The molecule has 1 heterocycles. The number of rotatable bonds is 7. The van der Waals surface area contributed by atoms with Gasteiger partial charge in [-0.25, -0.2) is 0 Å². The lowest BCUT2D eigenvalue weighted by Gasteiger charge is -2.10. The minimum Gasteiger partial charge on any atom is -0.388 e. The Morgan fingerprint density at radius 2 is 1.72 bits per heavy atom. The van der Waals surface area contributed by atoms with E-state index in [1.54, 1.807) is 6.20 Å². The van der Waals surface area contributed by atoms with Crippen LogP contribution in [0.5, 0.6) is 0 Å². The summed E-state index contributed by atoms with van der Waals surface area (Å²) >= 11 is 0. The molecule has 3 rings (SSSR count). The highest BCUT2D eigenvalue weighted by Gasteiger charge is 2.12. The van der Waals surface area contributed by atoms with Crippen molar-refractivity contribution in [2.45, 2.75) is 25.6 Å². The Labute approximate surface area is 146 Å². The van der Waals surface area contributed by atoms with Crippen molar-refractivity contribution in [2.75, 3.05) is 0 Å². The molecule has 0 saturated carbocycles. The van der Waals surface area contributed by atoms with Gasteiger partial charge in [-0.15, -0.1) is 0 Å². The molecule has 0 radical (unpaired) electrons. The van der Waals surface area contributed by atoms with E-state index in [2.05, 4.69) is 10.4 Å². The quantitative estimate of drug-likeness (QED) is 0.697. The number of benzene rings is 2. The summed E-state index contributed by atoms with van der Waals surface area (Å²) in [6.45, 7) is 1.09. The Balaban J connectivity index is 1.48. The van der Waals surface area contributed by atoms with Crippen LogP contribution in [-0.2, 0) is 17.9 Å².